The third kappa shape index (κ3) is 3.89. The van der Waals surface area contributed by atoms with Crippen molar-refractivity contribution in [2.75, 3.05) is 11.9 Å². The fraction of sp³-hybridized carbons (Fsp3) is 0.462. The maximum absolute atomic E-state index is 11.9. The van der Waals surface area contributed by atoms with Crippen LogP contribution in [-0.2, 0) is 4.79 Å². The quantitative estimate of drug-likeness (QED) is 0.865. The van der Waals surface area contributed by atoms with E-state index >= 15 is 0 Å². The number of nitrogens with two attached hydrogens (primary N) is 1. The molecule has 0 fully saturated rings. The van der Waals surface area contributed by atoms with Crippen molar-refractivity contribution in [2.45, 2.75) is 26.8 Å². The van der Waals surface area contributed by atoms with E-state index in [9.17, 15) is 4.79 Å². The first kappa shape index (κ1) is 14.8. The number of hydrogen-bond donors (Lipinski definition) is 2. The van der Waals surface area contributed by atoms with Crippen molar-refractivity contribution >= 4 is 23.2 Å². The van der Waals surface area contributed by atoms with Gasteiger partial charge in [0.25, 0.3) is 0 Å². The molecule has 3 N–H and O–H groups in total. The van der Waals surface area contributed by atoms with Crippen molar-refractivity contribution in [3.63, 3.8) is 0 Å². The smallest absolute Gasteiger partial charge is 0.241 e. The molecule has 5 heteroatoms. The van der Waals surface area contributed by atoms with E-state index in [2.05, 4.69) is 5.32 Å². The van der Waals surface area contributed by atoms with E-state index < -0.39 is 6.04 Å². The molecule has 0 heterocycles. The molecule has 0 bridgehead atoms. The second-order valence-electron chi connectivity index (χ2n) is 4.33. The maximum Gasteiger partial charge on any atom is 0.241 e. The van der Waals surface area contributed by atoms with Crippen molar-refractivity contribution in [3.05, 3.63) is 23.2 Å². The molecule has 0 unspecified atom stereocenters. The van der Waals surface area contributed by atoms with Gasteiger partial charge in [-0.15, -0.1) is 0 Å². The first-order valence-corrected chi connectivity index (χ1v) is 6.32. The van der Waals surface area contributed by atoms with Crippen LogP contribution < -0.4 is 15.8 Å². The Balaban J connectivity index is 2.88. The molecule has 1 aromatic rings. The Hall–Kier alpha value is -1.26. The minimum absolute atomic E-state index is 0.0692. The molecular formula is C13H19ClN2O2. The van der Waals surface area contributed by atoms with E-state index in [1.807, 2.05) is 20.8 Å². The Kier molecular flexibility index (Phi) is 5.44. The Bertz CT molecular complexity index is 421. The van der Waals surface area contributed by atoms with Gasteiger partial charge in [-0.1, -0.05) is 25.4 Å². The van der Waals surface area contributed by atoms with Crippen molar-refractivity contribution in [1.82, 2.24) is 0 Å². The van der Waals surface area contributed by atoms with Crippen LogP contribution in [0.4, 0.5) is 5.69 Å². The highest BCUT2D eigenvalue weighted by atomic mass is 35.5. The summed E-state index contributed by atoms with van der Waals surface area (Å²) in [5.74, 6) is 0.416. The lowest BCUT2D eigenvalue weighted by Gasteiger charge is -2.17. The van der Waals surface area contributed by atoms with Gasteiger partial charge in [-0.3, -0.25) is 4.79 Å². The Morgan fingerprint density at radius 3 is 2.72 bits per heavy atom. The molecule has 0 spiro atoms. The number of nitrogens with one attached hydrogen (secondary N) is 1. The van der Waals surface area contributed by atoms with Crippen molar-refractivity contribution in [2.24, 2.45) is 11.7 Å². The van der Waals surface area contributed by atoms with E-state index in [0.29, 0.717) is 23.1 Å². The molecule has 18 heavy (non-hydrogen) atoms. The maximum atomic E-state index is 11.9. The van der Waals surface area contributed by atoms with Gasteiger partial charge in [-0.05, 0) is 31.0 Å². The second-order valence-corrected chi connectivity index (χ2v) is 4.77. The molecule has 4 nitrogen and oxygen atoms in total. The van der Waals surface area contributed by atoms with Crippen molar-refractivity contribution in [1.29, 1.82) is 0 Å². The minimum Gasteiger partial charge on any atom is -0.492 e. The molecule has 1 amide bonds. The van der Waals surface area contributed by atoms with E-state index in [4.69, 9.17) is 22.1 Å². The standard InChI is InChI=1S/C13H19ClN2O2/c1-4-18-11-6-5-9(14)7-10(11)16-13(17)12(15)8(2)3/h5-8,12H,4,15H2,1-3H3,(H,16,17)/t12-/m1/s1. The molecule has 0 aliphatic heterocycles. The summed E-state index contributed by atoms with van der Waals surface area (Å²) in [7, 11) is 0. The highest BCUT2D eigenvalue weighted by Crippen LogP contribution is 2.28. The average molecular weight is 271 g/mol. The summed E-state index contributed by atoms with van der Waals surface area (Å²) in [5.41, 5.74) is 6.33. The van der Waals surface area contributed by atoms with E-state index in [1.54, 1.807) is 18.2 Å². The molecule has 1 atom stereocenters. The Morgan fingerprint density at radius 1 is 1.50 bits per heavy atom. The molecule has 100 valence electrons. The number of amides is 1. The summed E-state index contributed by atoms with van der Waals surface area (Å²) in [6.07, 6.45) is 0. The van der Waals surface area contributed by atoms with Gasteiger partial charge in [0, 0.05) is 5.02 Å². The second kappa shape index (κ2) is 6.61. The Labute approximate surface area is 112 Å². The van der Waals surface area contributed by atoms with E-state index in [0.717, 1.165) is 0 Å². The summed E-state index contributed by atoms with van der Waals surface area (Å²) in [6.45, 7) is 6.18. The number of carbonyl (C=O) groups excluding carboxylic acids is 1. The molecule has 0 saturated carbocycles. The number of halogens is 1. The summed E-state index contributed by atoms with van der Waals surface area (Å²) >= 11 is 5.90. The van der Waals surface area contributed by atoms with Crippen LogP contribution in [0.15, 0.2) is 18.2 Å². The average Bonchev–Trinajstić information content (AvgIpc) is 2.31. The fourth-order valence-electron chi connectivity index (χ4n) is 1.40. The third-order valence-corrected chi connectivity index (χ3v) is 2.76. The highest BCUT2D eigenvalue weighted by Gasteiger charge is 2.18. The lowest BCUT2D eigenvalue weighted by molar-refractivity contribution is -0.118. The lowest BCUT2D eigenvalue weighted by Crippen LogP contribution is -2.39. The predicted octanol–water partition coefficient (Wildman–Crippen LogP) is 2.66. The summed E-state index contributed by atoms with van der Waals surface area (Å²) < 4.78 is 5.42. The van der Waals surface area contributed by atoms with Gasteiger partial charge in [0.2, 0.25) is 5.91 Å². The molecular weight excluding hydrogens is 252 g/mol. The predicted molar refractivity (Wildman–Crippen MR) is 74.1 cm³/mol. The number of rotatable bonds is 5. The first-order chi connectivity index (χ1) is 8.45. The highest BCUT2D eigenvalue weighted by molar-refractivity contribution is 6.31. The van der Waals surface area contributed by atoms with Gasteiger partial charge < -0.3 is 15.8 Å². The zero-order chi connectivity index (χ0) is 13.7. The van der Waals surface area contributed by atoms with Crippen LogP contribution in [0.3, 0.4) is 0 Å². The van der Waals surface area contributed by atoms with Crippen LogP contribution >= 0.6 is 11.6 Å². The van der Waals surface area contributed by atoms with Crippen LogP contribution in [0.5, 0.6) is 5.75 Å². The monoisotopic (exact) mass is 270 g/mol. The zero-order valence-electron chi connectivity index (χ0n) is 10.9. The molecule has 0 radical (unpaired) electrons. The SMILES string of the molecule is CCOc1ccc(Cl)cc1NC(=O)[C@H](N)C(C)C. The van der Waals surface area contributed by atoms with Crippen LogP contribution in [0.2, 0.25) is 5.02 Å². The van der Waals surface area contributed by atoms with E-state index in [1.165, 1.54) is 0 Å². The number of carbonyl (C=O) groups is 1. The van der Waals surface area contributed by atoms with Crippen LogP contribution in [0, 0.1) is 5.92 Å². The van der Waals surface area contributed by atoms with Crippen molar-refractivity contribution < 1.29 is 9.53 Å². The van der Waals surface area contributed by atoms with E-state index in [-0.39, 0.29) is 11.8 Å². The number of ether oxygens (including phenoxy) is 1. The Morgan fingerprint density at radius 2 is 2.17 bits per heavy atom. The molecule has 1 rings (SSSR count). The van der Waals surface area contributed by atoms with Gasteiger partial charge in [-0.2, -0.15) is 0 Å². The van der Waals surface area contributed by atoms with Crippen molar-refractivity contribution in [3.8, 4) is 5.75 Å². The zero-order valence-corrected chi connectivity index (χ0v) is 11.6. The first-order valence-electron chi connectivity index (χ1n) is 5.94. The van der Waals surface area contributed by atoms with Gasteiger partial charge >= 0.3 is 0 Å². The van der Waals surface area contributed by atoms with Gasteiger partial charge in [0.05, 0.1) is 18.3 Å². The van der Waals surface area contributed by atoms with Gasteiger partial charge in [0.1, 0.15) is 5.75 Å². The van der Waals surface area contributed by atoms with Gasteiger partial charge in [-0.25, -0.2) is 0 Å². The summed E-state index contributed by atoms with van der Waals surface area (Å²) in [5, 5.41) is 3.28. The summed E-state index contributed by atoms with van der Waals surface area (Å²) in [6, 6.07) is 4.53. The minimum atomic E-state index is -0.557. The normalized spacial score (nSPS) is 12.3. The van der Waals surface area contributed by atoms with Gasteiger partial charge in [0.15, 0.2) is 0 Å². The number of benzene rings is 1. The lowest BCUT2D eigenvalue weighted by atomic mass is 10.0. The number of hydrogen-bond acceptors (Lipinski definition) is 3. The third-order valence-electron chi connectivity index (χ3n) is 2.52. The molecule has 0 saturated heterocycles. The molecule has 0 aliphatic carbocycles. The topological polar surface area (TPSA) is 64.3 Å². The number of anilines is 1. The fourth-order valence-corrected chi connectivity index (χ4v) is 1.57. The summed E-state index contributed by atoms with van der Waals surface area (Å²) in [4.78, 5) is 11.9. The molecule has 0 aromatic heterocycles. The van der Waals surface area contributed by atoms with Crippen LogP contribution in [0.25, 0.3) is 0 Å². The van der Waals surface area contributed by atoms with Crippen LogP contribution in [0.1, 0.15) is 20.8 Å². The molecule has 1 aromatic carbocycles. The largest absolute Gasteiger partial charge is 0.492 e. The van der Waals surface area contributed by atoms with Crippen LogP contribution in [-0.4, -0.2) is 18.6 Å². The molecule has 0 aliphatic rings.